The van der Waals surface area contributed by atoms with Gasteiger partial charge in [0, 0.05) is 25.0 Å². The van der Waals surface area contributed by atoms with E-state index >= 15 is 0 Å². The number of nitrogens with one attached hydrogen (secondary N) is 1. The third-order valence-corrected chi connectivity index (χ3v) is 5.96. The zero-order valence-electron chi connectivity index (χ0n) is 17.4. The van der Waals surface area contributed by atoms with Crippen molar-refractivity contribution in [3.8, 4) is 0 Å². The Kier molecular flexibility index (Phi) is 8.51. The van der Waals surface area contributed by atoms with Crippen molar-refractivity contribution in [1.29, 1.82) is 0 Å². The molecule has 6 nitrogen and oxygen atoms in total. The van der Waals surface area contributed by atoms with Crippen molar-refractivity contribution in [3.63, 3.8) is 0 Å². The van der Waals surface area contributed by atoms with Crippen LogP contribution in [0.4, 0.5) is 4.79 Å². The molecule has 3 aliphatic rings. The van der Waals surface area contributed by atoms with E-state index in [-0.39, 0.29) is 18.6 Å². The van der Waals surface area contributed by atoms with Crippen molar-refractivity contribution in [2.24, 2.45) is 5.92 Å². The van der Waals surface area contributed by atoms with E-state index in [1.807, 2.05) is 13.8 Å². The molecule has 0 fully saturated rings. The van der Waals surface area contributed by atoms with E-state index in [0.717, 1.165) is 30.9 Å². The highest BCUT2D eigenvalue weighted by Crippen LogP contribution is 2.49. The Bertz CT molecular complexity index is 782. The fraction of sp³-hybridized carbons (Fsp3) is 0.619. The molecule has 0 heterocycles. The summed E-state index contributed by atoms with van der Waals surface area (Å²) in [4.78, 5) is 15.6. The highest BCUT2D eigenvalue weighted by molar-refractivity contribution is 7.71. The van der Waals surface area contributed by atoms with E-state index in [1.165, 1.54) is 17.7 Å². The molecule has 0 saturated heterocycles. The van der Waals surface area contributed by atoms with E-state index in [0.29, 0.717) is 6.54 Å². The van der Waals surface area contributed by atoms with Crippen LogP contribution in [-0.4, -0.2) is 68.4 Å². The molecule has 7 heteroatoms. The Morgan fingerprint density at radius 2 is 2.00 bits per heavy atom. The smallest absolute Gasteiger partial charge is 0.317 e. The maximum Gasteiger partial charge on any atom is 0.317 e. The molecular weight excluding hydrogens is 374 g/mol. The number of urea groups is 1. The number of likely N-dealkylation sites (N-methyl/N-ethyl adjacent to an activating group) is 1. The van der Waals surface area contributed by atoms with Crippen LogP contribution < -0.4 is 5.32 Å². The monoisotopic (exact) mass is 407 g/mol. The van der Waals surface area contributed by atoms with Crippen LogP contribution >= 0.6 is 0 Å². The molecule has 2 amide bonds. The van der Waals surface area contributed by atoms with Crippen molar-refractivity contribution in [2.45, 2.75) is 46.6 Å². The molecule has 1 atom stereocenters. The van der Waals surface area contributed by atoms with Crippen LogP contribution in [0.3, 0.4) is 0 Å². The number of hydrogen-bond acceptors (Lipinski definition) is 4. The predicted octanol–water partition coefficient (Wildman–Crippen LogP) is 2.63. The van der Waals surface area contributed by atoms with Crippen molar-refractivity contribution in [2.75, 3.05) is 32.7 Å². The first-order valence-electron chi connectivity index (χ1n) is 10.2. The Morgan fingerprint density at radius 3 is 2.46 bits per heavy atom. The van der Waals surface area contributed by atoms with Gasteiger partial charge < -0.3 is 15.1 Å². The summed E-state index contributed by atoms with van der Waals surface area (Å²) in [5.74, 6) is 0.847. The van der Waals surface area contributed by atoms with Crippen LogP contribution in [0, 0.1) is 5.92 Å². The molecule has 156 valence electrons. The summed E-state index contributed by atoms with van der Waals surface area (Å²) in [6.07, 6.45) is 9.66. The molecule has 28 heavy (non-hydrogen) atoms. The number of carbonyl (C=O) groups is 1. The molecule has 0 saturated carbocycles. The van der Waals surface area contributed by atoms with Crippen molar-refractivity contribution < 1.29 is 13.2 Å². The lowest BCUT2D eigenvalue weighted by Gasteiger charge is -2.26. The summed E-state index contributed by atoms with van der Waals surface area (Å²) in [6, 6.07) is -0.280. The van der Waals surface area contributed by atoms with Gasteiger partial charge in [0.15, 0.2) is 0 Å². The minimum Gasteiger partial charge on any atom is -0.337 e. The Morgan fingerprint density at radius 1 is 1.29 bits per heavy atom. The molecule has 0 aromatic rings. The predicted molar refractivity (Wildman–Crippen MR) is 115 cm³/mol. The van der Waals surface area contributed by atoms with Crippen LogP contribution in [0.5, 0.6) is 0 Å². The Labute approximate surface area is 170 Å². The van der Waals surface area contributed by atoms with Crippen LogP contribution in [0.25, 0.3) is 0 Å². The lowest BCUT2D eigenvalue weighted by Crippen LogP contribution is -2.46. The molecule has 0 radical (unpaired) electrons. The lowest BCUT2D eigenvalue weighted by molar-refractivity contribution is 0.190. The molecule has 0 aromatic heterocycles. The number of rotatable bonds is 8. The number of carbonyl (C=O) groups excluding carboxylic acids is 1. The van der Waals surface area contributed by atoms with Gasteiger partial charge in [-0.1, -0.05) is 32.1 Å². The molecule has 0 spiro atoms. The van der Waals surface area contributed by atoms with Gasteiger partial charge in [-0.05, 0) is 56.5 Å². The molecule has 3 aliphatic carbocycles. The van der Waals surface area contributed by atoms with Gasteiger partial charge in [0.25, 0.3) is 0 Å². The summed E-state index contributed by atoms with van der Waals surface area (Å²) in [5, 5.41) is 3.90. The Balaban J connectivity index is 0.000000249. The minimum atomic E-state index is -2.24. The maximum atomic E-state index is 11.9. The van der Waals surface area contributed by atoms with Gasteiger partial charge >= 0.3 is 6.03 Å². The Hall–Kier alpha value is -1.86. The highest BCUT2D eigenvalue weighted by Gasteiger charge is 2.33. The largest absolute Gasteiger partial charge is 0.337 e. The maximum absolute atomic E-state index is 11.9. The first kappa shape index (κ1) is 22.4. The molecule has 1 unspecified atom stereocenters. The summed E-state index contributed by atoms with van der Waals surface area (Å²) < 4.78 is 21.0. The number of amides is 2. The van der Waals surface area contributed by atoms with Gasteiger partial charge in [-0.3, -0.25) is 0 Å². The van der Waals surface area contributed by atoms with Gasteiger partial charge in [0.1, 0.15) is 0 Å². The first-order chi connectivity index (χ1) is 13.4. The van der Waals surface area contributed by atoms with Gasteiger partial charge in [0.2, 0.25) is 10.3 Å². The SMILES string of the molecule is C1=CC2=C3C=C1C2CC3.CCN(CC)CCNC(=O)N(CC=S(=O)=O)C(C)C. The van der Waals surface area contributed by atoms with Gasteiger partial charge in [-0.2, -0.15) is 8.42 Å². The standard InChI is InChI=1S/C12H25N3O3S.C9H8/c1-5-14(6-2)8-7-13-12(16)15(11(3)4)9-10-19(17)18;1-3-8-7-2-4-9(8)6(1)5-7/h10-11H,5-9H2,1-4H3,(H,13,16);1,3,5,9H,2,4H2. The summed E-state index contributed by atoms with van der Waals surface area (Å²) in [7, 11) is -2.24. The molecule has 3 rings (SSSR count). The molecule has 1 N–H and O–H groups in total. The zero-order chi connectivity index (χ0) is 20.7. The zero-order valence-corrected chi connectivity index (χ0v) is 18.3. The topological polar surface area (TPSA) is 69.7 Å². The van der Waals surface area contributed by atoms with Crippen LogP contribution in [-0.2, 0) is 10.3 Å². The first-order valence-corrected chi connectivity index (χ1v) is 11.3. The van der Waals surface area contributed by atoms with E-state index in [1.54, 1.807) is 16.7 Å². The molecule has 0 aliphatic heterocycles. The van der Waals surface area contributed by atoms with Gasteiger partial charge in [-0.25, -0.2) is 4.79 Å². The summed E-state index contributed by atoms with van der Waals surface area (Å²) in [6.45, 7) is 11.2. The minimum absolute atomic E-state index is 0.0479. The quantitative estimate of drug-likeness (QED) is 0.628. The van der Waals surface area contributed by atoms with Gasteiger partial charge in [-0.15, -0.1) is 0 Å². The van der Waals surface area contributed by atoms with E-state index in [2.05, 4.69) is 42.3 Å². The fourth-order valence-electron chi connectivity index (χ4n) is 3.83. The third kappa shape index (κ3) is 5.82. The second-order valence-electron chi connectivity index (χ2n) is 7.48. The van der Waals surface area contributed by atoms with Crippen molar-refractivity contribution >= 4 is 21.7 Å². The number of allylic oxidation sites excluding steroid dienone is 6. The average Bonchev–Trinajstić information content (AvgIpc) is 3.34. The second-order valence-corrected chi connectivity index (χ2v) is 8.34. The van der Waals surface area contributed by atoms with Crippen LogP contribution in [0.2, 0.25) is 0 Å². The van der Waals surface area contributed by atoms with E-state index < -0.39 is 10.3 Å². The van der Waals surface area contributed by atoms with Crippen LogP contribution in [0.15, 0.2) is 34.9 Å². The van der Waals surface area contributed by atoms with E-state index in [9.17, 15) is 13.2 Å². The summed E-state index contributed by atoms with van der Waals surface area (Å²) in [5.41, 5.74) is 4.83. The lowest BCUT2D eigenvalue weighted by atomic mass is 9.98. The summed E-state index contributed by atoms with van der Waals surface area (Å²) >= 11 is 0. The molecule has 4 bridgehead atoms. The van der Waals surface area contributed by atoms with Crippen LogP contribution in [0.1, 0.15) is 40.5 Å². The fourth-order valence-corrected chi connectivity index (χ4v) is 4.11. The second kappa shape index (κ2) is 10.6. The van der Waals surface area contributed by atoms with Crippen molar-refractivity contribution in [1.82, 2.24) is 15.1 Å². The molecular formula is C21H33N3O3S. The third-order valence-electron chi connectivity index (χ3n) is 5.54. The highest BCUT2D eigenvalue weighted by atomic mass is 32.2. The number of hydrogen-bond donors (Lipinski definition) is 1. The molecule has 0 aromatic carbocycles. The van der Waals surface area contributed by atoms with Crippen molar-refractivity contribution in [3.05, 3.63) is 34.9 Å². The van der Waals surface area contributed by atoms with Gasteiger partial charge in [0.05, 0.1) is 11.9 Å². The average molecular weight is 408 g/mol. The number of nitrogens with zero attached hydrogens (tertiary/aromatic N) is 2. The normalized spacial score (nSPS) is 18.4. The van der Waals surface area contributed by atoms with E-state index in [4.69, 9.17) is 0 Å².